The second kappa shape index (κ2) is 7.04. The highest BCUT2D eigenvalue weighted by atomic mass is 35.5. The van der Waals surface area contributed by atoms with Gasteiger partial charge in [0.2, 0.25) is 0 Å². The van der Waals surface area contributed by atoms with Crippen LogP contribution in [0.5, 0.6) is 5.75 Å². The number of rotatable bonds is 3. The van der Waals surface area contributed by atoms with Crippen LogP contribution in [0.25, 0.3) is 10.9 Å². The zero-order valence-electron chi connectivity index (χ0n) is 14.7. The number of hydrogen-bond donors (Lipinski definition) is 0. The van der Waals surface area contributed by atoms with Gasteiger partial charge in [0.15, 0.2) is 0 Å². The van der Waals surface area contributed by atoms with Crippen LogP contribution < -0.4 is 4.74 Å². The summed E-state index contributed by atoms with van der Waals surface area (Å²) in [6.45, 7) is 1.42. The van der Waals surface area contributed by atoms with Crippen molar-refractivity contribution < 1.29 is 9.53 Å². The summed E-state index contributed by atoms with van der Waals surface area (Å²) in [5, 5.41) is 1.80. The van der Waals surface area contributed by atoms with E-state index in [1.54, 1.807) is 0 Å². The van der Waals surface area contributed by atoms with E-state index in [1.807, 2.05) is 66.7 Å². The lowest BCUT2D eigenvalue weighted by Crippen LogP contribution is -2.41. The molecule has 4 nitrogen and oxygen atoms in total. The number of benzene rings is 2. The van der Waals surface area contributed by atoms with Gasteiger partial charge < -0.3 is 14.2 Å². The standard InChI is InChI=1S/C21H21ClN2O2/c1-23-11-8-15-14-16(2-7-20(15)23)21(25)24-12-9-19(10-13-24)26-18-5-3-17(22)4-6-18/h2-8,11,14,19H,9-10,12-13H2,1H3. The van der Waals surface area contributed by atoms with Crippen LogP contribution in [0, 0.1) is 0 Å². The minimum absolute atomic E-state index is 0.0979. The van der Waals surface area contributed by atoms with Gasteiger partial charge in [0.1, 0.15) is 11.9 Å². The van der Waals surface area contributed by atoms with E-state index in [-0.39, 0.29) is 12.0 Å². The quantitative estimate of drug-likeness (QED) is 0.681. The van der Waals surface area contributed by atoms with Gasteiger partial charge in [-0.2, -0.15) is 0 Å². The number of aromatic nitrogens is 1. The molecule has 0 bridgehead atoms. The first-order valence-corrected chi connectivity index (χ1v) is 9.24. The number of hydrogen-bond acceptors (Lipinski definition) is 2. The number of piperidine rings is 1. The summed E-state index contributed by atoms with van der Waals surface area (Å²) in [4.78, 5) is 14.7. The molecule has 0 saturated carbocycles. The molecule has 1 fully saturated rings. The van der Waals surface area contributed by atoms with E-state index >= 15 is 0 Å². The van der Waals surface area contributed by atoms with Crippen LogP contribution in [0.3, 0.4) is 0 Å². The molecule has 1 saturated heterocycles. The third-order valence-corrected chi connectivity index (χ3v) is 5.23. The topological polar surface area (TPSA) is 34.5 Å². The molecule has 0 N–H and O–H groups in total. The molecule has 1 aromatic heterocycles. The van der Waals surface area contributed by atoms with Crippen LogP contribution in [0.15, 0.2) is 54.7 Å². The van der Waals surface area contributed by atoms with Crippen LogP contribution in [0.4, 0.5) is 0 Å². The average molecular weight is 369 g/mol. The minimum atomic E-state index is 0.0979. The number of amides is 1. The summed E-state index contributed by atoms with van der Waals surface area (Å²) in [5.74, 6) is 0.925. The molecule has 0 spiro atoms. The summed E-state index contributed by atoms with van der Waals surface area (Å²) in [6.07, 6.45) is 3.82. The van der Waals surface area contributed by atoms with Crippen molar-refractivity contribution in [2.24, 2.45) is 7.05 Å². The van der Waals surface area contributed by atoms with Gasteiger partial charge in [-0.05, 0) is 48.5 Å². The summed E-state index contributed by atoms with van der Waals surface area (Å²) >= 11 is 5.90. The Morgan fingerprint density at radius 3 is 2.54 bits per heavy atom. The minimum Gasteiger partial charge on any atom is -0.490 e. The Labute approximate surface area is 157 Å². The molecule has 0 aliphatic carbocycles. The zero-order chi connectivity index (χ0) is 18.1. The molecule has 2 aromatic carbocycles. The second-order valence-electron chi connectivity index (χ2n) is 6.76. The van der Waals surface area contributed by atoms with Gasteiger partial charge in [-0.1, -0.05) is 11.6 Å². The zero-order valence-corrected chi connectivity index (χ0v) is 15.4. The van der Waals surface area contributed by atoms with Gasteiger partial charge in [-0.3, -0.25) is 4.79 Å². The van der Waals surface area contributed by atoms with Crippen molar-refractivity contribution in [3.05, 3.63) is 65.3 Å². The molecule has 1 aliphatic heterocycles. The predicted octanol–water partition coefficient (Wildman–Crippen LogP) is 4.52. The van der Waals surface area contributed by atoms with Crippen LogP contribution >= 0.6 is 11.6 Å². The third-order valence-electron chi connectivity index (χ3n) is 4.98. The maximum Gasteiger partial charge on any atom is 0.253 e. The van der Waals surface area contributed by atoms with E-state index in [0.29, 0.717) is 18.1 Å². The number of likely N-dealkylation sites (tertiary alicyclic amines) is 1. The normalized spacial score (nSPS) is 15.4. The predicted molar refractivity (Wildman–Crippen MR) is 104 cm³/mol. The molecule has 5 heteroatoms. The maximum atomic E-state index is 12.8. The SMILES string of the molecule is Cn1ccc2cc(C(=O)N3CCC(Oc4ccc(Cl)cc4)CC3)ccc21. The van der Waals surface area contributed by atoms with Crippen molar-refractivity contribution in [1.82, 2.24) is 9.47 Å². The molecule has 26 heavy (non-hydrogen) atoms. The summed E-state index contributed by atoms with van der Waals surface area (Å²) in [7, 11) is 2.01. The van der Waals surface area contributed by atoms with Gasteiger partial charge in [-0.15, -0.1) is 0 Å². The molecule has 1 aliphatic rings. The van der Waals surface area contributed by atoms with Gasteiger partial charge >= 0.3 is 0 Å². The van der Waals surface area contributed by atoms with Crippen LogP contribution in [-0.4, -0.2) is 34.6 Å². The first-order valence-electron chi connectivity index (χ1n) is 8.87. The third kappa shape index (κ3) is 3.42. The molecule has 0 unspecified atom stereocenters. The fourth-order valence-corrected chi connectivity index (χ4v) is 3.61. The van der Waals surface area contributed by atoms with Crippen LogP contribution in [0.1, 0.15) is 23.2 Å². The van der Waals surface area contributed by atoms with E-state index in [1.165, 1.54) is 0 Å². The van der Waals surface area contributed by atoms with Gasteiger partial charge in [-0.25, -0.2) is 0 Å². The van der Waals surface area contributed by atoms with Crippen molar-refractivity contribution >= 4 is 28.4 Å². The summed E-state index contributed by atoms with van der Waals surface area (Å²) in [6, 6.07) is 15.4. The molecule has 1 amide bonds. The van der Waals surface area contributed by atoms with Gasteiger partial charge in [0, 0.05) is 60.7 Å². The lowest BCUT2D eigenvalue weighted by molar-refractivity contribution is 0.0595. The van der Waals surface area contributed by atoms with Crippen molar-refractivity contribution in [3.63, 3.8) is 0 Å². The largest absolute Gasteiger partial charge is 0.490 e. The van der Waals surface area contributed by atoms with Crippen LogP contribution in [0.2, 0.25) is 5.02 Å². The Morgan fingerprint density at radius 2 is 1.81 bits per heavy atom. The number of carbonyl (C=O) groups is 1. The molecular weight excluding hydrogens is 348 g/mol. The molecule has 134 valence electrons. The molecule has 2 heterocycles. The Kier molecular flexibility index (Phi) is 4.60. The number of fused-ring (bicyclic) bond motifs is 1. The Morgan fingerprint density at radius 1 is 1.08 bits per heavy atom. The van der Waals surface area contributed by atoms with E-state index < -0.39 is 0 Å². The Balaban J connectivity index is 1.38. The lowest BCUT2D eigenvalue weighted by atomic mass is 10.1. The van der Waals surface area contributed by atoms with Crippen molar-refractivity contribution in [1.29, 1.82) is 0 Å². The van der Waals surface area contributed by atoms with E-state index in [2.05, 4.69) is 4.57 Å². The molecule has 3 aromatic rings. The first kappa shape index (κ1) is 17.0. The molecular formula is C21H21ClN2O2. The van der Waals surface area contributed by atoms with Crippen LogP contribution in [-0.2, 0) is 7.05 Å². The summed E-state index contributed by atoms with van der Waals surface area (Å²) < 4.78 is 8.06. The number of aryl methyl sites for hydroxylation is 1. The monoisotopic (exact) mass is 368 g/mol. The second-order valence-corrected chi connectivity index (χ2v) is 7.20. The number of ether oxygens (including phenoxy) is 1. The lowest BCUT2D eigenvalue weighted by Gasteiger charge is -2.32. The van der Waals surface area contributed by atoms with E-state index in [4.69, 9.17) is 16.3 Å². The van der Waals surface area contributed by atoms with Gasteiger partial charge in [0.25, 0.3) is 5.91 Å². The van der Waals surface area contributed by atoms with Gasteiger partial charge in [0.05, 0.1) is 0 Å². The average Bonchev–Trinajstić information content (AvgIpc) is 3.04. The fraction of sp³-hybridized carbons (Fsp3) is 0.286. The van der Waals surface area contributed by atoms with E-state index in [0.717, 1.165) is 35.1 Å². The number of nitrogens with zero attached hydrogens (tertiary/aromatic N) is 2. The highest BCUT2D eigenvalue weighted by molar-refractivity contribution is 6.30. The van der Waals surface area contributed by atoms with E-state index in [9.17, 15) is 4.79 Å². The van der Waals surface area contributed by atoms with Crippen molar-refractivity contribution in [2.45, 2.75) is 18.9 Å². The smallest absolute Gasteiger partial charge is 0.253 e. The summed E-state index contributed by atoms with van der Waals surface area (Å²) in [5.41, 5.74) is 1.89. The Hall–Kier alpha value is -2.46. The molecule has 4 rings (SSSR count). The fourth-order valence-electron chi connectivity index (χ4n) is 3.48. The highest BCUT2D eigenvalue weighted by Crippen LogP contribution is 2.23. The first-order chi connectivity index (χ1) is 12.6. The van der Waals surface area contributed by atoms with Crippen molar-refractivity contribution in [3.8, 4) is 5.75 Å². The highest BCUT2D eigenvalue weighted by Gasteiger charge is 2.25. The molecule has 0 radical (unpaired) electrons. The number of halogens is 1. The molecule has 0 atom stereocenters. The number of carbonyl (C=O) groups excluding carboxylic acids is 1. The Bertz CT molecular complexity index is 925. The van der Waals surface area contributed by atoms with Crippen molar-refractivity contribution in [2.75, 3.05) is 13.1 Å². The maximum absolute atomic E-state index is 12.8.